The third kappa shape index (κ3) is 3.18. The third-order valence-electron chi connectivity index (χ3n) is 2.98. The Morgan fingerprint density at radius 2 is 2.06 bits per heavy atom. The number of hydrogen-bond acceptors (Lipinski definition) is 5. The molecule has 0 atom stereocenters. The maximum absolute atomic E-state index is 12.1. The number of pyridine rings is 1. The van der Waals surface area contributed by atoms with Crippen molar-refractivity contribution in [3.05, 3.63) is 23.4 Å². The molecule has 0 aliphatic carbocycles. The highest BCUT2D eigenvalue weighted by atomic mass is 16.2. The number of hydrogen-bond donors (Lipinski definition) is 3. The summed E-state index contributed by atoms with van der Waals surface area (Å²) in [6, 6.07) is 3.40. The second-order valence-corrected chi connectivity index (χ2v) is 4.52. The highest BCUT2D eigenvalue weighted by Gasteiger charge is 2.14. The molecule has 0 aromatic carbocycles. The normalized spacial score (nSPS) is 16.3. The first-order valence-corrected chi connectivity index (χ1v) is 6.20. The number of carbonyl (C=O) groups excluding carboxylic acids is 1. The Labute approximate surface area is 107 Å². The summed E-state index contributed by atoms with van der Waals surface area (Å²) in [7, 11) is 0. The van der Waals surface area contributed by atoms with E-state index in [4.69, 9.17) is 5.84 Å². The van der Waals surface area contributed by atoms with Gasteiger partial charge in [-0.2, -0.15) is 0 Å². The van der Waals surface area contributed by atoms with Crippen LogP contribution in [0.5, 0.6) is 0 Å². The quantitative estimate of drug-likeness (QED) is 0.545. The van der Waals surface area contributed by atoms with Gasteiger partial charge in [0, 0.05) is 24.3 Å². The zero-order chi connectivity index (χ0) is 13.0. The maximum Gasteiger partial charge on any atom is 0.265 e. The largest absolute Gasteiger partial charge is 0.308 e. The Balaban J connectivity index is 2.05. The van der Waals surface area contributed by atoms with Crippen molar-refractivity contribution in [2.24, 2.45) is 5.84 Å². The van der Waals surface area contributed by atoms with Crippen LogP contribution in [0.1, 0.15) is 35.3 Å². The van der Waals surface area contributed by atoms with Crippen molar-refractivity contribution >= 4 is 11.7 Å². The van der Waals surface area contributed by atoms with Crippen molar-refractivity contribution in [1.82, 2.24) is 15.4 Å². The predicted octanol–water partition coefficient (Wildman–Crippen LogP) is 0.806. The molecule has 0 spiro atoms. The fourth-order valence-corrected chi connectivity index (χ4v) is 2.09. The van der Waals surface area contributed by atoms with Gasteiger partial charge >= 0.3 is 0 Å². The van der Waals surface area contributed by atoms with E-state index in [1.54, 1.807) is 12.1 Å². The lowest BCUT2D eigenvalue weighted by Crippen LogP contribution is -2.45. The molecule has 1 saturated heterocycles. The number of piperidine rings is 1. The molecule has 2 rings (SSSR count). The highest BCUT2D eigenvalue weighted by Crippen LogP contribution is 2.11. The second-order valence-electron chi connectivity index (χ2n) is 4.52. The molecule has 1 amide bonds. The number of nitrogens with zero attached hydrogens (tertiary/aromatic N) is 2. The lowest BCUT2D eigenvalue weighted by atomic mass is 10.1. The molecule has 6 heteroatoms. The van der Waals surface area contributed by atoms with Crippen LogP contribution in [0.15, 0.2) is 12.1 Å². The van der Waals surface area contributed by atoms with Gasteiger partial charge in [0.25, 0.3) is 5.91 Å². The van der Waals surface area contributed by atoms with Gasteiger partial charge in [0.2, 0.25) is 0 Å². The van der Waals surface area contributed by atoms with Crippen LogP contribution in [0.25, 0.3) is 0 Å². The number of carbonyl (C=O) groups is 1. The summed E-state index contributed by atoms with van der Waals surface area (Å²) in [5, 5.41) is 1.97. The van der Waals surface area contributed by atoms with Gasteiger partial charge in [0.1, 0.15) is 5.82 Å². The monoisotopic (exact) mass is 249 g/mol. The first-order chi connectivity index (χ1) is 8.69. The summed E-state index contributed by atoms with van der Waals surface area (Å²) >= 11 is 0. The first-order valence-electron chi connectivity index (χ1n) is 6.20. The van der Waals surface area contributed by atoms with E-state index < -0.39 is 0 Å². The molecule has 1 aliphatic heterocycles. The summed E-state index contributed by atoms with van der Waals surface area (Å²) in [6.45, 7) is 3.66. The summed E-state index contributed by atoms with van der Waals surface area (Å²) in [6.07, 6.45) is 3.50. The molecule has 0 saturated carbocycles. The summed E-state index contributed by atoms with van der Waals surface area (Å²) < 4.78 is 0. The number of nitrogen functional groups attached to an aromatic ring is 1. The molecule has 1 aromatic rings. The molecule has 1 aliphatic rings. The molecule has 0 radical (unpaired) electrons. The smallest absolute Gasteiger partial charge is 0.265 e. The Hall–Kier alpha value is -1.66. The van der Waals surface area contributed by atoms with Crippen molar-refractivity contribution in [2.75, 3.05) is 18.5 Å². The second kappa shape index (κ2) is 5.79. The van der Waals surface area contributed by atoms with Crippen molar-refractivity contribution in [2.45, 2.75) is 26.2 Å². The molecule has 1 aromatic heterocycles. The topological polar surface area (TPSA) is 83.3 Å². The molecule has 0 bridgehead atoms. The van der Waals surface area contributed by atoms with Crippen LogP contribution >= 0.6 is 0 Å². The van der Waals surface area contributed by atoms with Crippen LogP contribution < -0.4 is 16.7 Å². The molecule has 0 unspecified atom stereocenters. The van der Waals surface area contributed by atoms with E-state index in [0.717, 1.165) is 31.6 Å². The predicted molar refractivity (Wildman–Crippen MR) is 69.7 cm³/mol. The van der Waals surface area contributed by atoms with E-state index in [-0.39, 0.29) is 5.91 Å². The van der Waals surface area contributed by atoms with Crippen LogP contribution in [-0.4, -0.2) is 29.0 Å². The zero-order valence-electron chi connectivity index (χ0n) is 10.6. The zero-order valence-corrected chi connectivity index (χ0v) is 10.6. The molecule has 2 heterocycles. The van der Waals surface area contributed by atoms with E-state index in [1.165, 1.54) is 6.42 Å². The number of aryl methyl sites for hydroxylation is 1. The van der Waals surface area contributed by atoms with Crippen LogP contribution in [0.3, 0.4) is 0 Å². The van der Waals surface area contributed by atoms with Crippen molar-refractivity contribution < 1.29 is 4.79 Å². The van der Waals surface area contributed by atoms with E-state index >= 15 is 0 Å². The van der Waals surface area contributed by atoms with Crippen molar-refractivity contribution in [3.63, 3.8) is 0 Å². The average Bonchev–Trinajstić information content (AvgIpc) is 2.39. The first kappa shape index (κ1) is 12.8. The van der Waals surface area contributed by atoms with Gasteiger partial charge in [-0.1, -0.05) is 6.42 Å². The minimum absolute atomic E-state index is 0.112. The molecule has 4 N–H and O–H groups in total. The molecular formula is C12H19N5O. The number of amides is 1. The Morgan fingerprint density at radius 1 is 1.33 bits per heavy atom. The number of anilines is 1. The van der Waals surface area contributed by atoms with Crippen molar-refractivity contribution in [1.29, 1.82) is 0 Å². The van der Waals surface area contributed by atoms with E-state index in [2.05, 4.69) is 15.8 Å². The number of hydrazine groups is 2. The van der Waals surface area contributed by atoms with Crippen LogP contribution in [-0.2, 0) is 0 Å². The van der Waals surface area contributed by atoms with Gasteiger partial charge in [-0.3, -0.25) is 10.2 Å². The van der Waals surface area contributed by atoms with Gasteiger partial charge in [-0.25, -0.2) is 15.8 Å². The Bertz CT molecular complexity index is 428. The molecule has 98 valence electrons. The van der Waals surface area contributed by atoms with Crippen LogP contribution in [0.2, 0.25) is 0 Å². The number of rotatable bonds is 3. The summed E-state index contributed by atoms with van der Waals surface area (Å²) in [4.78, 5) is 16.2. The minimum Gasteiger partial charge on any atom is -0.308 e. The number of aromatic nitrogens is 1. The fourth-order valence-electron chi connectivity index (χ4n) is 2.09. The SMILES string of the molecule is Cc1cc(C(=O)NN2CCCCC2)cc(NN)n1. The fraction of sp³-hybridized carbons (Fsp3) is 0.500. The molecule has 1 fully saturated rings. The maximum atomic E-state index is 12.1. The Kier molecular flexibility index (Phi) is 4.11. The van der Waals surface area contributed by atoms with Gasteiger partial charge < -0.3 is 5.43 Å². The van der Waals surface area contributed by atoms with Crippen molar-refractivity contribution in [3.8, 4) is 0 Å². The molecule has 18 heavy (non-hydrogen) atoms. The molecular weight excluding hydrogens is 230 g/mol. The van der Waals surface area contributed by atoms with Crippen LogP contribution in [0, 0.1) is 6.92 Å². The Morgan fingerprint density at radius 3 is 2.72 bits per heavy atom. The third-order valence-corrected chi connectivity index (χ3v) is 2.98. The minimum atomic E-state index is -0.112. The van der Waals surface area contributed by atoms with E-state index in [0.29, 0.717) is 11.4 Å². The van der Waals surface area contributed by atoms with E-state index in [9.17, 15) is 4.79 Å². The van der Waals surface area contributed by atoms with Gasteiger partial charge in [-0.05, 0) is 31.9 Å². The summed E-state index contributed by atoms with van der Waals surface area (Å²) in [5.41, 5.74) is 6.70. The lowest BCUT2D eigenvalue weighted by Gasteiger charge is -2.26. The van der Waals surface area contributed by atoms with E-state index in [1.807, 2.05) is 11.9 Å². The van der Waals surface area contributed by atoms with Gasteiger partial charge in [-0.15, -0.1) is 0 Å². The summed E-state index contributed by atoms with van der Waals surface area (Å²) in [5.74, 6) is 5.70. The lowest BCUT2D eigenvalue weighted by molar-refractivity contribution is 0.0750. The standard InChI is InChI=1S/C12H19N5O/c1-9-7-10(8-11(14-9)15-13)12(18)16-17-5-3-2-4-6-17/h7-8H,2-6,13H2,1H3,(H,14,15)(H,16,18). The number of nitrogens with two attached hydrogens (primary N) is 1. The average molecular weight is 249 g/mol. The van der Waals surface area contributed by atoms with Gasteiger partial charge in [0.05, 0.1) is 0 Å². The molecule has 6 nitrogen and oxygen atoms in total. The number of nitrogens with one attached hydrogen (secondary N) is 2. The highest BCUT2D eigenvalue weighted by molar-refractivity contribution is 5.94. The van der Waals surface area contributed by atoms with Crippen LogP contribution in [0.4, 0.5) is 5.82 Å². The van der Waals surface area contributed by atoms with Gasteiger partial charge in [0.15, 0.2) is 0 Å².